The SMILES string of the molecule is Cc1ccccc1C(O)CNC(=O)c1cc(C(C)C)on1. The van der Waals surface area contributed by atoms with Gasteiger partial charge in [0.25, 0.3) is 5.91 Å². The first-order valence-corrected chi connectivity index (χ1v) is 6.97. The molecule has 1 aromatic carbocycles. The fourth-order valence-corrected chi connectivity index (χ4v) is 2.02. The number of carbonyl (C=O) groups is 1. The van der Waals surface area contributed by atoms with Crippen LogP contribution in [0.1, 0.15) is 53.2 Å². The van der Waals surface area contributed by atoms with Crippen LogP contribution in [0.2, 0.25) is 0 Å². The molecule has 1 atom stereocenters. The van der Waals surface area contributed by atoms with Crippen molar-refractivity contribution in [2.24, 2.45) is 0 Å². The van der Waals surface area contributed by atoms with E-state index >= 15 is 0 Å². The molecule has 21 heavy (non-hydrogen) atoms. The first-order valence-electron chi connectivity index (χ1n) is 6.97. The molecule has 5 nitrogen and oxygen atoms in total. The lowest BCUT2D eigenvalue weighted by Crippen LogP contribution is -2.28. The van der Waals surface area contributed by atoms with Crippen LogP contribution in [0.3, 0.4) is 0 Å². The molecule has 0 aliphatic heterocycles. The first kappa shape index (κ1) is 15.3. The number of hydrogen-bond acceptors (Lipinski definition) is 4. The maximum absolute atomic E-state index is 12.0. The molecule has 0 aliphatic rings. The average Bonchev–Trinajstić information content (AvgIpc) is 2.95. The van der Waals surface area contributed by atoms with Gasteiger partial charge in [-0.25, -0.2) is 0 Å². The fraction of sp³-hybridized carbons (Fsp3) is 0.375. The number of nitrogens with one attached hydrogen (secondary N) is 1. The Balaban J connectivity index is 1.96. The Bertz CT molecular complexity index is 619. The minimum absolute atomic E-state index is 0.132. The molecule has 112 valence electrons. The van der Waals surface area contributed by atoms with Gasteiger partial charge in [-0.05, 0) is 18.1 Å². The standard InChI is InChI=1S/C16H20N2O3/c1-10(2)15-8-13(18-21-15)16(20)17-9-14(19)12-7-5-4-6-11(12)3/h4-8,10,14,19H,9H2,1-3H3,(H,17,20). The summed E-state index contributed by atoms with van der Waals surface area (Å²) in [5, 5.41) is 16.5. The van der Waals surface area contributed by atoms with Crippen molar-refractivity contribution in [1.29, 1.82) is 0 Å². The highest BCUT2D eigenvalue weighted by atomic mass is 16.5. The maximum Gasteiger partial charge on any atom is 0.273 e. The summed E-state index contributed by atoms with van der Waals surface area (Å²) in [5.41, 5.74) is 2.03. The summed E-state index contributed by atoms with van der Waals surface area (Å²) in [4.78, 5) is 12.0. The lowest BCUT2D eigenvalue weighted by molar-refractivity contribution is 0.0907. The Morgan fingerprint density at radius 3 is 2.71 bits per heavy atom. The lowest BCUT2D eigenvalue weighted by atomic mass is 10.0. The van der Waals surface area contributed by atoms with Crippen molar-refractivity contribution >= 4 is 5.91 Å². The number of aliphatic hydroxyl groups is 1. The van der Waals surface area contributed by atoms with E-state index in [0.29, 0.717) is 5.76 Å². The lowest BCUT2D eigenvalue weighted by Gasteiger charge is -2.13. The Morgan fingerprint density at radius 1 is 1.38 bits per heavy atom. The maximum atomic E-state index is 12.0. The third kappa shape index (κ3) is 3.70. The minimum atomic E-state index is -0.744. The third-order valence-corrected chi connectivity index (χ3v) is 3.33. The van der Waals surface area contributed by atoms with E-state index in [-0.39, 0.29) is 24.1 Å². The van der Waals surface area contributed by atoms with Gasteiger partial charge in [0.1, 0.15) is 5.76 Å². The van der Waals surface area contributed by atoms with Crippen molar-refractivity contribution < 1.29 is 14.4 Å². The van der Waals surface area contributed by atoms with E-state index in [2.05, 4.69) is 10.5 Å². The Kier molecular flexibility index (Phi) is 4.75. The summed E-state index contributed by atoms with van der Waals surface area (Å²) in [6.07, 6.45) is -0.744. The zero-order chi connectivity index (χ0) is 15.4. The van der Waals surface area contributed by atoms with Gasteiger partial charge in [-0.1, -0.05) is 43.3 Å². The summed E-state index contributed by atoms with van der Waals surface area (Å²) in [5.74, 6) is 0.495. The Labute approximate surface area is 124 Å². The van der Waals surface area contributed by atoms with Crippen LogP contribution in [0.25, 0.3) is 0 Å². The van der Waals surface area contributed by atoms with Crippen molar-refractivity contribution in [3.63, 3.8) is 0 Å². The zero-order valence-electron chi connectivity index (χ0n) is 12.5. The average molecular weight is 288 g/mol. The molecule has 0 spiro atoms. The highest BCUT2D eigenvalue weighted by molar-refractivity contribution is 5.92. The molecule has 1 amide bonds. The summed E-state index contributed by atoms with van der Waals surface area (Å²) >= 11 is 0. The summed E-state index contributed by atoms with van der Waals surface area (Å²) < 4.78 is 5.08. The van der Waals surface area contributed by atoms with Crippen molar-refractivity contribution in [3.05, 3.63) is 52.9 Å². The number of nitrogens with zero attached hydrogens (tertiary/aromatic N) is 1. The van der Waals surface area contributed by atoms with E-state index in [1.807, 2.05) is 45.0 Å². The second-order valence-corrected chi connectivity index (χ2v) is 5.35. The molecule has 5 heteroatoms. The summed E-state index contributed by atoms with van der Waals surface area (Å²) in [7, 11) is 0. The molecule has 1 unspecified atom stereocenters. The number of benzene rings is 1. The largest absolute Gasteiger partial charge is 0.387 e. The van der Waals surface area contributed by atoms with Gasteiger partial charge in [0.2, 0.25) is 0 Å². The van der Waals surface area contributed by atoms with Gasteiger partial charge in [0, 0.05) is 18.5 Å². The van der Waals surface area contributed by atoms with Gasteiger partial charge >= 0.3 is 0 Å². The second kappa shape index (κ2) is 6.54. The van der Waals surface area contributed by atoms with Crippen LogP contribution < -0.4 is 5.32 Å². The van der Waals surface area contributed by atoms with Crippen LogP contribution in [-0.2, 0) is 0 Å². The highest BCUT2D eigenvalue weighted by Gasteiger charge is 2.16. The number of carbonyl (C=O) groups excluding carboxylic acids is 1. The molecular formula is C16H20N2O3. The van der Waals surface area contributed by atoms with Crippen molar-refractivity contribution in [2.45, 2.75) is 32.8 Å². The molecule has 1 heterocycles. The highest BCUT2D eigenvalue weighted by Crippen LogP contribution is 2.17. The first-order chi connectivity index (χ1) is 9.99. The third-order valence-electron chi connectivity index (χ3n) is 3.33. The molecular weight excluding hydrogens is 268 g/mol. The fourth-order valence-electron chi connectivity index (χ4n) is 2.02. The molecule has 0 saturated carbocycles. The summed E-state index contributed by atoms with van der Waals surface area (Å²) in [6, 6.07) is 9.17. The zero-order valence-corrected chi connectivity index (χ0v) is 12.5. The van der Waals surface area contributed by atoms with Crippen LogP contribution >= 0.6 is 0 Å². The number of aromatic nitrogens is 1. The number of hydrogen-bond donors (Lipinski definition) is 2. The van der Waals surface area contributed by atoms with Gasteiger partial charge in [-0.2, -0.15) is 0 Å². The van der Waals surface area contributed by atoms with Crippen molar-refractivity contribution in [1.82, 2.24) is 10.5 Å². The number of rotatable bonds is 5. The van der Waals surface area contributed by atoms with E-state index in [1.165, 1.54) is 0 Å². The number of aliphatic hydroxyl groups excluding tert-OH is 1. The second-order valence-electron chi connectivity index (χ2n) is 5.35. The molecule has 2 rings (SSSR count). The molecule has 2 aromatic rings. The normalized spacial score (nSPS) is 12.4. The molecule has 1 aromatic heterocycles. The monoisotopic (exact) mass is 288 g/mol. The van der Waals surface area contributed by atoms with Gasteiger partial charge in [0.05, 0.1) is 6.10 Å². The minimum Gasteiger partial charge on any atom is -0.387 e. The smallest absolute Gasteiger partial charge is 0.273 e. The van der Waals surface area contributed by atoms with E-state index in [1.54, 1.807) is 6.07 Å². The van der Waals surface area contributed by atoms with Crippen molar-refractivity contribution in [2.75, 3.05) is 6.54 Å². The molecule has 0 fully saturated rings. The van der Waals surface area contributed by atoms with Crippen LogP contribution in [0, 0.1) is 6.92 Å². The predicted molar refractivity (Wildman–Crippen MR) is 79.1 cm³/mol. The van der Waals surface area contributed by atoms with Crippen LogP contribution in [0.5, 0.6) is 0 Å². The molecule has 2 N–H and O–H groups in total. The molecule has 0 bridgehead atoms. The van der Waals surface area contributed by atoms with Crippen LogP contribution in [-0.4, -0.2) is 22.7 Å². The van der Waals surface area contributed by atoms with Gasteiger partial charge in [0.15, 0.2) is 5.69 Å². The van der Waals surface area contributed by atoms with Crippen molar-refractivity contribution in [3.8, 4) is 0 Å². The van der Waals surface area contributed by atoms with E-state index in [0.717, 1.165) is 11.1 Å². The molecule has 0 aliphatic carbocycles. The number of amides is 1. The predicted octanol–water partition coefficient (Wildman–Crippen LogP) is 2.57. The Hall–Kier alpha value is -2.14. The quantitative estimate of drug-likeness (QED) is 0.886. The molecule has 0 radical (unpaired) electrons. The van der Waals surface area contributed by atoms with Gasteiger partial charge < -0.3 is 14.9 Å². The van der Waals surface area contributed by atoms with Gasteiger partial charge in [-0.3, -0.25) is 4.79 Å². The Morgan fingerprint density at radius 2 is 2.10 bits per heavy atom. The van der Waals surface area contributed by atoms with Gasteiger partial charge in [-0.15, -0.1) is 0 Å². The van der Waals surface area contributed by atoms with Crippen LogP contribution in [0.4, 0.5) is 0 Å². The summed E-state index contributed by atoms with van der Waals surface area (Å²) in [6.45, 7) is 5.98. The van der Waals surface area contributed by atoms with Crippen LogP contribution in [0.15, 0.2) is 34.9 Å². The van der Waals surface area contributed by atoms with E-state index in [9.17, 15) is 9.90 Å². The van der Waals surface area contributed by atoms with E-state index < -0.39 is 6.10 Å². The molecule has 0 saturated heterocycles. The van der Waals surface area contributed by atoms with E-state index in [4.69, 9.17) is 4.52 Å². The topological polar surface area (TPSA) is 75.4 Å². The number of aryl methyl sites for hydroxylation is 1.